The Labute approximate surface area is 134 Å². The quantitative estimate of drug-likeness (QED) is 0.419. The van der Waals surface area contributed by atoms with Gasteiger partial charge in [0, 0.05) is 30.8 Å². The van der Waals surface area contributed by atoms with Gasteiger partial charge in [0.25, 0.3) is 5.69 Å². The van der Waals surface area contributed by atoms with Gasteiger partial charge in [0.1, 0.15) is 0 Å². The molecule has 22 heavy (non-hydrogen) atoms. The first kappa shape index (κ1) is 18.8. The van der Waals surface area contributed by atoms with Gasteiger partial charge in [-0.2, -0.15) is 0 Å². The van der Waals surface area contributed by atoms with Crippen LogP contribution < -0.4 is 4.72 Å². The van der Waals surface area contributed by atoms with E-state index in [1.165, 1.54) is 6.07 Å². The zero-order valence-electron chi connectivity index (χ0n) is 12.4. The summed E-state index contributed by atoms with van der Waals surface area (Å²) in [6.45, 7) is 5.20. The van der Waals surface area contributed by atoms with Crippen molar-refractivity contribution in [3.05, 3.63) is 33.3 Å². The highest BCUT2D eigenvalue weighted by Crippen LogP contribution is 2.26. The first-order chi connectivity index (χ1) is 10.2. The van der Waals surface area contributed by atoms with E-state index in [0.29, 0.717) is 25.6 Å². The molecule has 0 saturated carbocycles. The molecular formula is C13H19ClN2O5S. The molecule has 9 heteroatoms. The van der Waals surface area contributed by atoms with Crippen molar-refractivity contribution in [3.8, 4) is 0 Å². The molecule has 0 heterocycles. The molecule has 0 aromatic heterocycles. The van der Waals surface area contributed by atoms with Crippen LogP contribution in [0.4, 0.5) is 5.69 Å². The second kappa shape index (κ2) is 8.42. The van der Waals surface area contributed by atoms with Crippen molar-refractivity contribution in [1.82, 2.24) is 4.72 Å². The summed E-state index contributed by atoms with van der Waals surface area (Å²) in [6, 6.07) is 3.44. The highest BCUT2D eigenvalue weighted by Gasteiger charge is 2.25. The van der Waals surface area contributed by atoms with Gasteiger partial charge in [-0.15, -0.1) is 0 Å². The number of ether oxygens (including phenoxy) is 1. The lowest BCUT2D eigenvalue weighted by atomic mass is 10.2. The lowest BCUT2D eigenvalue weighted by Gasteiger charge is -2.09. The number of hydrogen-bond donors (Lipinski definition) is 1. The van der Waals surface area contributed by atoms with Crippen LogP contribution in [0.5, 0.6) is 0 Å². The summed E-state index contributed by atoms with van der Waals surface area (Å²) < 4.78 is 31.9. The molecule has 0 fully saturated rings. The Balaban J connectivity index is 2.65. The first-order valence-corrected chi connectivity index (χ1v) is 8.61. The highest BCUT2D eigenvalue weighted by molar-refractivity contribution is 7.89. The fraction of sp³-hybridized carbons (Fsp3) is 0.538. The first-order valence-electron chi connectivity index (χ1n) is 6.75. The van der Waals surface area contributed by atoms with Gasteiger partial charge < -0.3 is 4.74 Å². The van der Waals surface area contributed by atoms with Crippen molar-refractivity contribution >= 4 is 27.3 Å². The largest absolute Gasteiger partial charge is 0.381 e. The minimum absolute atomic E-state index is 0.104. The number of nitro groups is 1. The molecule has 0 spiro atoms. The summed E-state index contributed by atoms with van der Waals surface area (Å²) in [4.78, 5) is 9.76. The van der Waals surface area contributed by atoms with Gasteiger partial charge in [-0.05, 0) is 24.5 Å². The molecule has 1 rings (SSSR count). The van der Waals surface area contributed by atoms with Crippen LogP contribution in [0.15, 0.2) is 23.1 Å². The molecule has 124 valence electrons. The minimum atomic E-state index is -3.96. The zero-order valence-corrected chi connectivity index (χ0v) is 14.0. The van der Waals surface area contributed by atoms with E-state index in [9.17, 15) is 18.5 Å². The van der Waals surface area contributed by atoms with Crippen LogP contribution in [-0.2, 0) is 14.8 Å². The molecule has 1 aromatic carbocycles. The van der Waals surface area contributed by atoms with E-state index in [2.05, 4.69) is 4.72 Å². The summed E-state index contributed by atoms with van der Waals surface area (Å²) in [5.74, 6) is 0.411. The summed E-state index contributed by atoms with van der Waals surface area (Å²) in [5.41, 5.74) is -0.545. The Hall–Kier alpha value is -1.22. The third kappa shape index (κ3) is 5.88. The predicted octanol–water partition coefficient (Wildman–Crippen LogP) is 2.59. The maximum Gasteiger partial charge on any atom is 0.290 e. The molecule has 0 unspecified atom stereocenters. The zero-order chi connectivity index (χ0) is 16.8. The Morgan fingerprint density at radius 1 is 1.41 bits per heavy atom. The van der Waals surface area contributed by atoms with Crippen LogP contribution in [0, 0.1) is 16.0 Å². The van der Waals surface area contributed by atoms with Crippen LogP contribution in [-0.4, -0.2) is 33.1 Å². The molecule has 0 amide bonds. The minimum Gasteiger partial charge on any atom is -0.381 e. The van der Waals surface area contributed by atoms with Crippen molar-refractivity contribution in [2.75, 3.05) is 19.8 Å². The van der Waals surface area contributed by atoms with E-state index in [1.807, 2.05) is 13.8 Å². The predicted molar refractivity (Wildman–Crippen MR) is 83.6 cm³/mol. The van der Waals surface area contributed by atoms with Crippen LogP contribution in [0.25, 0.3) is 0 Å². The molecule has 7 nitrogen and oxygen atoms in total. The number of rotatable bonds is 9. The number of sulfonamides is 1. The molecule has 0 bridgehead atoms. The van der Waals surface area contributed by atoms with E-state index < -0.39 is 25.5 Å². The van der Waals surface area contributed by atoms with Gasteiger partial charge in [-0.3, -0.25) is 10.1 Å². The number of nitro benzene ring substituents is 1. The Morgan fingerprint density at radius 3 is 2.68 bits per heavy atom. The summed E-state index contributed by atoms with van der Waals surface area (Å²) in [7, 11) is -3.96. The molecule has 0 aliphatic rings. The second-order valence-corrected chi connectivity index (χ2v) is 7.26. The topological polar surface area (TPSA) is 98.5 Å². The van der Waals surface area contributed by atoms with Gasteiger partial charge in [-0.25, -0.2) is 13.1 Å². The lowest BCUT2D eigenvalue weighted by Crippen LogP contribution is -2.26. The average molecular weight is 351 g/mol. The SMILES string of the molecule is CC(C)COCCCNS(=O)(=O)c1ccc(Cl)cc1[N+](=O)[O-]. The fourth-order valence-corrected chi connectivity index (χ4v) is 3.03. The van der Waals surface area contributed by atoms with Crippen LogP contribution in [0.3, 0.4) is 0 Å². The van der Waals surface area contributed by atoms with Gasteiger partial charge >= 0.3 is 0 Å². The smallest absolute Gasteiger partial charge is 0.290 e. The van der Waals surface area contributed by atoms with Crippen molar-refractivity contribution in [3.63, 3.8) is 0 Å². The summed E-state index contributed by atoms with van der Waals surface area (Å²) in [6.07, 6.45) is 0.480. The third-order valence-corrected chi connectivity index (χ3v) is 4.36. The molecule has 0 aliphatic carbocycles. The number of hydrogen-bond acceptors (Lipinski definition) is 5. The van der Waals surface area contributed by atoms with Crippen LogP contribution in [0.1, 0.15) is 20.3 Å². The maximum absolute atomic E-state index is 12.1. The average Bonchev–Trinajstić information content (AvgIpc) is 2.41. The Bertz CT molecular complexity index is 619. The van der Waals surface area contributed by atoms with Crippen molar-refractivity contribution < 1.29 is 18.1 Å². The van der Waals surface area contributed by atoms with E-state index in [-0.39, 0.29) is 11.6 Å². The normalized spacial score (nSPS) is 11.8. The molecule has 1 aromatic rings. The molecular weight excluding hydrogens is 332 g/mol. The second-order valence-electron chi connectivity index (χ2n) is 5.09. The number of nitrogens with zero attached hydrogens (tertiary/aromatic N) is 1. The molecule has 0 atom stereocenters. The molecule has 0 aliphatic heterocycles. The van der Waals surface area contributed by atoms with Gasteiger partial charge in [0.15, 0.2) is 4.90 Å². The van der Waals surface area contributed by atoms with Crippen molar-refractivity contribution in [2.24, 2.45) is 5.92 Å². The standard InChI is InChI=1S/C13H19ClN2O5S/c1-10(2)9-21-7-3-6-15-22(19,20)13-5-4-11(14)8-12(13)16(17)18/h4-5,8,10,15H,3,6-7,9H2,1-2H3. The molecule has 0 saturated heterocycles. The van der Waals surface area contributed by atoms with Crippen LogP contribution >= 0.6 is 11.6 Å². The lowest BCUT2D eigenvalue weighted by molar-refractivity contribution is -0.387. The number of benzene rings is 1. The van der Waals surface area contributed by atoms with E-state index in [0.717, 1.165) is 12.1 Å². The highest BCUT2D eigenvalue weighted by atomic mass is 35.5. The fourth-order valence-electron chi connectivity index (χ4n) is 1.64. The molecule has 1 N–H and O–H groups in total. The van der Waals surface area contributed by atoms with Crippen LogP contribution in [0.2, 0.25) is 5.02 Å². The van der Waals surface area contributed by atoms with E-state index >= 15 is 0 Å². The number of nitrogens with one attached hydrogen (secondary N) is 1. The monoisotopic (exact) mass is 350 g/mol. The Kier molecular flexibility index (Phi) is 7.21. The van der Waals surface area contributed by atoms with E-state index in [4.69, 9.17) is 16.3 Å². The summed E-state index contributed by atoms with van der Waals surface area (Å²) in [5, 5.41) is 11.0. The van der Waals surface area contributed by atoms with E-state index in [1.54, 1.807) is 0 Å². The van der Waals surface area contributed by atoms with Gasteiger partial charge in [0.05, 0.1) is 4.92 Å². The number of halogens is 1. The third-order valence-electron chi connectivity index (χ3n) is 2.62. The Morgan fingerprint density at radius 2 is 2.09 bits per heavy atom. The van der Waals surface area contributed by atoms with Crippen molar-refractivity contribution in [2.45, 2.75) is 25.2 Å². The molecule has 0 radical (unpaired) electrons. The van der Waals surface area contributed by atoms with Crippen molar-refractivity contribution in [1.29, 1.82) is 0 Å². The summed E-state index contributed by atoms with van der Waals surface area (Å²) >= 11 is 5.66. The van der Waals surface area contributed by atoms with Gasteiger partial charge in [-0.1, -0.05) is 25.4 Å². The van der Waals surface area contributed by atoms with Gasteiger partial charge in [0.2, 0.25) is 10.0 Å². The maximum atomic E-state index is 12.1.